The summed E-state index contributed by atoms with van der Waals surface area (Å²) in [6, 6.07) is 0.503. The van der Waals surface area contributed by atoms with Crippen molar-refractivity contribution in [3.8, 4) is 0 Å². The molecule has 0 saturated heterocycles. The molecule has 0 aliphatic rings. The van der Waals surface area contributed by atoms with E-state index in [9.17, 15) is 0 Å². The first-order valence-corrected chi connectivity index (χ1v) is 6.36. The molecular weight excluding hydrogens is 238 g/mol. The molecular formula is C10H15N5OS. The Kier molecular flexibility index (Phi) is 4.05. The average Bonchev–Trinajstić information content (AvgIpc) is 2.97. The molecule has 1 atom stereocenters. The molecule has 6 nitrogen and oxygen atoms in total. The summed E-state index contributed by atoms with van der Waals surface area (Å²) >= 11 is 1.60. The summed E-state index contributed by atoms with van der Waals surface area (Å²) in [6.45, 7) is 5.50. The third-order valence-electron chi connectivity index (χ3n) is 2.15. The monoisotopic (exact) mass is 253 g/mol. The van der Waals surface area contributed by atoms with E-state index in [4.69, 9.17) is 4.42 Å². The van der Waals surface area contributed by atoms with Gasteiger partial charge in [-0.3, -0.25) is 0 Å². The molecule has 17 heavy (non-hydrogen) atoms. The lowest BCUT2D eigenvalue weighted by molar-refractivity contribution is 0.478. The number of thiazole rings is 1. The number of hydrogen-bond donors (Lipinski definition) is 2. The molecule has 0 amide bonds. The van der Waals surface area contributed by atoms with Gasteiger partial charge in [0, 0.05) is 11.6 Å². The second-order valence-corrected chi connectivity index (χ2v) is 4.44. The predicted octanol–water partition coefficient (Wildman–Crippen LogP) is 1.81. The largest absolute Gasteiger partial charge is 0.407 e. The van der Waals surface area contributed by atoms with E-state index in [-0.39, 0.29) is 6.04 Å². The molecule has 7 heteroatoms. The van der Waals surface area contributed by atoms with Crippen LogP contribution in [0.5, 0.6) is 0 Å². The normalized spacial score (nSPS) is 12.6. The van der Waals surface area contributed by atoms with Gasteiger partial charge in [0.1, 0.15) is 5.01 Å². The first kappa shape index (κ1) is 12.0. The van der Waals surface area contributed by atoms with Crippen molar-refractivity contribution in [2.45, 2.75) is 26.4 Å². The SMILES string of the molecule is CCNCc1nnc(NC(C)c2nccs2)o1. The molecule has 0 radical (unpaired) electrons. The van der Waals surface area contributed by atoms with Crippen LogP contribution in [0.3, 0.4) is 0 Å². The lowest BCUT2D eigenvalue weighted by atomic mass is 10.4. The molecule has 2 aromatic heterocycles. The lowest BCUT2D eigenvalue weighted by Gasteiger charge is -2.07. The Hall–Kier alpha value is -1.47. The van der Waals surface area contributed by atoms with E-state index in [1.807, 2.05) is 19.2 Å². The van der Waals surface area contributed by atoms with E-state index in [1.54, 1.807) is 17.5 Å². The van der Waals surface area contributed by atoms with Gasteiger partial charge in [0.05, 0.1) is 12.6 Å². The van der Waals surface area contributed by atoms with Crippen LogP contribution in [0.25, 0.3) is 0 Å². The van der Waals surface area contributed by atoms with Crippen molar-refractivity contribution in [2.75, 3.05) is 11.9 Å². The van der Waals surface area contributed by atoms with E-state index in [2.05, 4.69) is 25.8 Å². The highest BCUT2D eigenvalue weighted by molar-refractivity contribution is 7.09. The summed E-state index contributed by atoms with van der Waals surface area (Å²) in [6.07, 6.45) is 1.78. The van der Waals surface area contributed by atoms with Crippen LogP contribution < -0.4 is 10.6 Å². The Morgan fingerprint density at radius 2 is 2.35 bits per heavy atom. The minimum absolute atomic E-state index is 0.0717. The standard InChI is InChI=1S/C10H15N5OS/c1-3-11-6-8-14-15-10(16-8)13-7(2)9-12-4-5-17-9/h4-5,7,11H,3,6H2,1-2H3,(H,13,15). The number of rotatable bonds is 6. The van der Waals surface area contributed by atoms with Crippen LogP contribution >= 0.6 is 11.3 Å². The number of anilines is 1. The molecule has 0 aliphatic heterocycles. The Morgan fingerprint density at radius 1 is 1.47 bits per heavy atom. The van der Waals surface area contributed by atoms with Crippen LogP contribution in [0.4, 0.5) is 6.01 Å². The first-order valence-electron chi connectivity index (χ1n) is 5.48. The Balaban J connectivity index is 1.92. The van der Waals surface area contributed by atoms with E-state index >= 15 is 0 Å². The molecule has 0 bridgehead atoms. The van der Waals surface area contributed by atoms with Crippen molar-refractivity contribution in [1.29, 1.82) is 0 Å². The molecule has 1 unspecified atom stereocenters. The fourth-order valence-corrected chi connectivity index (χ4v) is 1.96. The highest BCUT2D eigenvalue weighted by Gasteiger charge is 2.12. The van der Waals surface area contributed by atoms with Crippen molar-refractivity contribution in [3.63, 3.8) is 0 Å². The molecule has 92 valence electrons. The summed E-state index contributed by atoms with van der Waals surface area (Å²) in [7, 11) is 0. The zero-order valence-corrected chi connectivity index (χ0v) is 10.6. The Labute approximate surface area is 103 Å². The highest BCUT2D eigenvalue weighted by Crippen LogP contribution is 2.19. The summed E-state index contributed by atoms with van der Waals surface area (Å²) in [5.41, 5.74) is 0. The quantitative estimate of drug-likeness (QED) is 0.817. The summed E-state index contributed by atoms with van der Waals surface area (Å²) in [5.74, 6) is 0.584. The maximum Gasteiger partial charge on any atom is 0.316 e. The van der Waals surface area contributed by atoms with E-state index < -0.39 is 0 Å². The van der Waals surface area contributed by atoms with Crippen molar-refractivity contribution in [1.82, 2.24) is 20.5 Å². The molecule has 2 aromatic rings. The highest BCUT2D eigenvalue weighted by atomic mass is 32.1. The lowest BCUT2D eigenvalue weighted by Crippen LogP contribution is -2.11. The van der Waals surface area contributed by atoms with Crippen LogP contribution in [-0.4, -0.2) is 21.7 Å². The van der Waals surface area contributed by atoms with Crippen LogP contribution in [-0.2, 0) is 6.54 Å². The van der Waals surface area contributed by atoms with Crippen molar-refractivity contribution in [2.24, 2.45) is 0 Å². The fraction of sp³-hybridized carbons (Fsp3) is 0.500. The first-order chi connectivity index (χ1) is 8.29. The van der Waals surface area contributed by atoms with Gasteiger partial charge >= 0.3 is 6.01 Å². The Morgan fingerprint density at radius 3 is 3.06 bits per heavy atom. The number of nitrogens with zero attached hydrogens (tertiary/aromatic N) is 3. The molecule has 2 N–H and O–H groups in total. The van der Waals surface area contributed by atoms with E-state index in [0.29, 0.717) is 18.5 Å². The average molecular weight is 253 g/mol. The minimum Gasteiger partial charge on any atom is -0.407 e. The van der Waals surface area contributed by atoms with Crippen LogP contribution in [0.15, 0.2) is 16.0 Å². The van der Waals surface area contributed by atoms with Gasteiger partial charge in [0.2, 0.25) is 5.89 Å². The van der Waals surface area contributed by atoms with Gasteiger partial charge in [-0.15, -0.1) is 16.4 Å². The van der Waals surface area contributed by atoms with Crippen molar-refractivity contribution < 1.29 is 4.42 Å². The van der Waals surface area contributed by atoms with Gasteiger partial charge < -0.3 is 15.1 Å². The van der Waals surface area contributed by atoms with Crippen LogP contribution in [0, 0.1) is 0 Å². The molecule has 0 aliphatic carbocycles. The summed E-state index contributed by atoms with van der Waals surface area (Å²) < 4.78 is 5.44. The summed E-state index contributed by atoms with van der Waals surface area (Å²) in [5, 5.41) is 17.0. The zero-order valence-electron chi connectivity index (χ0n) is 9.80. The fourth-order valence-electron chi connectivity index (χ4n) is 1.31. The molecule has 0 spiro atoms. The second-order valence-electron chi connectivity index (χ2n) is 3.52. The van der Waals surface area contributed by atoms with E-state index in [1.165, 1.54) is 0 Å². The third kappa shape index (κ3) is 3.24. The third-order valence-corrected chi connectivity index (χ3v) is 3.11. The van der Waals surface area contributed by atoms with Crippen molar-refractivity contribution >= 4 is 17.4 Å². The van der Waals surface area contributed by atoms with Gasteiger partial charge in [-0.1, -0.05) is 12.0 Å². The molecule has 2 rings (SSSR count). The number of nitrogens with one attached hydrogen (secondary N) is 2. The van der Waals surface area contributed by atoms with Gasteiger partial charge in [0.15, 0.2) is 0 Å². The predicted molar refractivity (Wildman–Crippen MR) is 65.8 cm³/mol. The van der Waals surface area contributed by atoms with Crippen LogP contribution in [0.1, 0.15) is 30.8 Å². The van der Waals surface area contributed by atoms with Crippen LogP contribution in [0.2, 0.25) is 0 Å². The number of hydrogen-bond acceptors (Lipinski definition) is 7. The van der Waals surface area contributed by atoms with Gasteiger partial charge in [-0.05, 0) is 13.5 Å². The van der Waals surface area contributed by atoms with Gasteiger partial charge in [0.25, 0.3) is 0 Å². The van der Waals surface area contributed by atoms with Crippen molar-refractivity contribution in [3.05, 3.63) is 22.5 Å². The van der Waals surface area contributed by atoms with Gasteiger partial charge in [-0.2, -0.15) is 0 Å². The minimum atomic E-state index is 0.0717. The summed E-state index contributed by atoms with van der Waals surface area (Å²) in [4.78, 5) is 4.22. The smallest absolute Gasteiger partial charge is 0.316 e. The maximum atomic E-state index is 5.44. The molecule has 0 saturated carbocycles. The van der Waals surface area contributed by atoms with E-state index in [0.717, 1.165) is 11.6 Å². The molecule has 0 fully saturated rings. The second kappa shape index (κ2) is 5.74. The Bertz CT molecular complexity index is 441. The number of aromatic nitrogens is 3. The molecule has 0 aromatic carbocycles. The maximum absolute atomic E-state index is 5.44. The topological polar surface area (TPSA) is 75.9 Å². The zero-order chi connectivity index (χ0) is 12.1. The molecule has 2 heterocycles. The van der Waals surface area contributed by atoms with Gasteiger partial charge in [-0.25, -0.2) is 4.98 Å².